The van der Waals surface area contributed by atoms with Crippen molar-refractivity contribution in [2.24, 2.45) is 5.92 Å². The smallest absolute Gasteiger partial charge is 0.214 e. The molecule has 1 fully saturated rings. The number of unbranched alkanes of at least 4 members (excludes halogenated alkanes) is 1. The zero-order valence-corrected chi connectivity index (χ0v) is 12.5. The Morgan fingerprint density at radius 2 is 1.94 bits per heavy atom. The Morgan fingerprint density at radius 1 is 1.29 bits per heavy atom. The minimum Gasteiger partial charge on any atom is -0.305 e. The molecule has 0 N–H and O–H groups in total. The normalized spacial score (nSPS) is 26.9. The molecule has 4 nitrogen and oxygen atoms in total. The Labute approximate surface area is 110 Å². The van der Waals surface area contributed by atoms with Crippen molar-refractivity contribution >= 4 is 21.6 Å². The number of sulfonamides is 1. The van der Waals surface area contributed by atoms with Crippen LogP contribution < -0.4 is 0 Å². The molecular formula is C11H23ClN2O2S. The third kappa shape index (κ3) is 4.09. The Hall–Kier alpha value is 0.160. The molecule has 0 radical (unpaired) electrons. The van der Waals surface area contributed by atoms with Crippen LogP contribution in [0, 0.1) is 5.92 Å². The average molecular weight is 283 g/mol. The summed E-state index contributed by atoms with van der Waals surface area (Å²) in [5.74, 6) is 1.16. The van der Waals surface area contributed by atoms with E-state index < -0.39 is 10.0 Å². The summed E-state index contributed by atoms with van der Waals surface area (Å²) >= 11 is 5.56. The van der Waals surface area contributed by atoms with Crippen molar-refractivity contribution in [2.75, 3.05) is 38.8 Å². The van der Waals surface area contributed by atoms with Gasteiger partial charge in [0, 0.05) is 25.0 Å². The van der Waals surface area contributed by atoms with Crippen molar-refractivity contribution in [3.63, 3.8) is 0 Å². The Bertz CT molecular complexity index is 332. The second-order valence-corrected chi connectivity index (χ2v) is 7.50. The lowest BCUT2D eigenvalue weighted by atomic mass is 10.1. The second-order valence-electron chi connectivity index (χ2n) is 5.04. The number of rotatable bonds is 6. The molecule has 17 heavy (non-hydrogen) atoms. The Morgan fingerprint density at radius 3 is 2.41 bits per heavy atom. The third-order valence-electron chi connectivity index (χ3n) is 3.38. The average Bonchev–Trinajstić information content (AvgIpc) is 2.61. The van der Waals surface area contributed by atoms with E-state index in [1.807, 2.05) is 14.1 Å². The lowest BCUT2D eigenvalue weighted by Gasteiger charge is -2.22. The molecule has 1 heterocycles. The molecule has 1 aliphatic heterocycles. The number of alkyl halides is 1. The largest absolute Gasteiger partial charge is 0.305 e. The summed E-state index contributed by atoms with van der Waals surface area (Å²) in [6.45, 7) is 3.38. The molecule has 102 valence electrons. The van der Waals surface area contributed by atoms with Gasteiger partial charge in [-0.15, -0.1) is 11.6 Å². The molecule has 1 saturated heterocycles. The molecule has 2 unspecified atom stereocenters. The summed E-state index contributed by atoms with van der Waals surface area (Å²) in [5, 5.41) is 0. The monoisotopic (exact) mass is 282 g/mol. The van der Waals surface area contributed by atoms with Gasteiger partial charge in [0.15, 0.2) is 0 Å². The highest BCUT2D eigenvalue weighted by Gasteiger charge is 2.36. The molecule has 0 saturated carbocycles. The molecular weight excluding hydrogens is 260 g/mol. The van der Waals surface area contributed by atoms with Gasteiger partial charge in [0.05, 0.1) is 5.75 Å². The van der Waals surface area contributed by atoms with Gasteiger partial charge in [-0.25, -0.2) is 12.7 Å². The molecule has 6 heteroatoms. The predicted molar refractivity (Wildman–Crippen MR) is 72.0 cm³/mol. The van der Waals surface area contributed by atoms with Crippen LogP contribution in [0.3, 0.4) is 0 Å². The van der Waals surface area contributed by atoms with Crippen LogP contribution in [0.2, 0.25) is 0 Å². The fraction of sp³-hybridized carbons (Fsp3) is 1.00. The van der Waals surface area contributed by atoms with Crippen molar-refractivity contribution < 1.29 is 8.42 Å². The van der Waals surface area contributed by atoms with E-state index in [0.717, 1.165) is 6.42 Å². The molecule has 0 aliphatic carbocycles. The lowest BCUT2D eigenvalue weighted by Crippen LogP contribution is -2.36. The zero-order chi connectivity index (χ0) is 13.1. The molecule has 0 amide bonds. The fourth-order valence-electron chi connectivity index (χ4n) is 2.31. The number of hydrogen-bond donors (Lipinski definition) is 0. The first-order valence-corrected chi connectivity index (χ1v) is 8.23. The van der Waals surface area contributed by atoms with Crippen LogP contribution in [-0.4, -0.2) is 62.5 Å². The van der Waals surface area contributed by atoms with Crippen molar-refractivity contribution in [3.05, 3.63) is 0 Å². The number of nitrogens with zero attached hydrogens (tertiary/aromatic N) is 2. The Kier molecular flexibility index (Phi) is 5.70. The molecule has 2 atom stereocenters. The van der Waals surface area contributed by atoms with Crippen molar-refractivity contribution in [3.8, 4) is 0 Å². The van der Waals surface area contributed by atoms with Crippen LogP contribution in [0.4, 0.5) is 0 Å². The van der Waals surface area contributed by atoms with E-state index >= 15 is 0 Å². The van der Waals surface area contributed by atoms with E-state index in [1.54, 1.807) is 4.31 Å². The zero-order valence-electron chi connectivity index (χ0n) is 10.9. The van der Waals surface area contributed by atoms with Crippen LogP contribution in [0.5, 0.6) is 0 Å². The molecule has 0 aromatic heterocycles. The fourth-order valence-corrected chi connectivity index (χ4v) is 4.17. The molecule has 0 bridgehead atoms. The van der Waals surface area contributed by atoms with E-state index in [-0.39, 0.29) is 5.75 Å². The first-order chi connectivity index (χ1) is 7.88. The minimum absolute atomic E-state index is 0.229. The number of hydrogen-bond acceptors (Lipinski definition) is 3. The maximum absolute atomic E-state index is 12.1. The van der Waals surface area contributed by atoms with Crippen molar-refractivity contribution in [2.45, 2.75) is 25.8 Å². The standard InChI is InChI=1S/C11H23ClN2O2S/c1-10-8-14(9-11(10)13(2)3)17(15,16)7-5-4-6-12/h10-11H,4-9H2,1-3H3. The molecule has 0 aromatic rings. The van der Waals surface area contributed by atoms with Crippen LogP contribution in [0.15, 0.2) is 0 Å². The lowest BCUT2D eigenvalue weighted by molar-refractivity contribution is 0.263. The highest BCUT2D eigenvalue weighted by molar-refractivity contribution is 7.89. The predicted octanol–water partition coefficient (Wildman–Crippen LogP) is 1.22. The van der Waals surface area contributed by atoms with Gasteiger partial charge >= 0.3 is 0 Å². The molecule has 0 spiro atoms. The number of halogens is 1. The minimum atomic E-state index is -3.08. The van der Waals surface area contributed by atoms with E-state index in [4.69, 9.17) is 11.6 Å². The van der Waals surface area contributed by atoms with Crippen molar-refractivity contribution in [1.82, 2.24) is 9.21 Å². The van der Waals surface area contributed by atoms with E-state index in [1.165, 1.54) is 0 Å². The maximum atomic E-state index is 12.1. The third-order valence-corrected chi connectivity index (χ3v) is 5.54. The second kappa shape index (κ2) is 6.36. The van der Waals surface area contributed by atoms with Gasteiger partial charge in [-0.05, 0) is 32.9 Å². The van der Waals surface area contributed by atoms with Crippen molar-refractivity contribution in [1.29, 1.82) is 0 Å². The summed E-state index contributed by atoms with van der Waals surface area (Å²) in [5.41, 5.74) is 0. The summed E-state index contributed by atoms with van der Waals surface area (Å²) in [4.78, 5) is 2.11. The van der Waals surface area contributed by atoms with E-state index in [2.05, 4.69) is 11.8 Å². The van der Waals surface area contributed by atoms with Gasteiger partial charge < -0.3 is 4.90 Å². The van der Waals surface area contributed by atoms with E-state index in [9.17, 15) is 8.42 Å². The molecule has 0 aromatic carbocycles. The first-order valence-electron chi connectivity index (χ1n) is 6.08. The summed E-state index contributed by atoms with van der Waals surface area (Å²) in [6.07, 6.45) is 1.42. The molecule has 1 aliphatic rings. The topological polar surface area (TPSA) is 40.6 Å². The van der Waals surface area contributed by atoms with Gasteiger partial charge in [0.25, 0.3) is 0 Å². The molecule has 1 rings (SSSR count). The Balaban J connectivity index is 2.57. The van der Waals surface area contributed by atoms with Gasteiger partial charge in [-0.2, -0.15) is 0 Å². The van der Waals surface area contributed by atoms with Gasteiger partial charge in [-0.3, -0.25) is 0 Å². The quantitative estimate of drug-likeness (QED) is 0.543. The van der Waals surface area contributed by atoms with Crippen LogP contribution in [0.1, 0.15) is 19.8 Å². The summed E-state index contributed by atoms with van der Waals surface area (Å²) in [7, 11) is 0.926. The van der Waals surface area contributed by atoms with Gasteiger partial charge in [-0.1, -0.05) is 6.92 Å². The van der Waals surface area contributed by atoms with Gasteiger partial charge in [0.1, 0.15) is 0 Å². The highest BCUT2D eigenvalue weighted by atomic mass is 35.5. The van der Waals surface area contributed by atoms with Gasteiger partial charge in [0.2, 0.25) is 10.0 Å². The SMILES string of the molecule is CC1CN(S(=O)(=O)CCCCCl)CC1N(C)C. The number of likely N-dealkylation sites (N-methyl/N-ethyl adjacent to an activating group) is 1. The highest BCUT2D eigenvalue weighted by Crippen LogP contribution is 2.23. The summed E-state index contributed by atoms with van der Waals surface area (Å²) in [6, 6.07) is 0.331. The van der Waals surface area contributed by atoms with Crippen LogP contribution in [-0.2, 0) is 10.0 Å². The van der Waals surface area contributed by atoms with Crippen LogP contribution in [0.25, 0.3) is 0 Å². The first kappa shape index (κ1) is 15.2. The maximum Gasteiger partial charge on any atom is 0.214 e. The van der Waals surface area contributed by atoms with E-state index in [0.29, 0.717) is 37.4 Å². The van der Waals surface area contributed by atoms with Crippen LogP contribution >= 0.6 is 11.6 Å². The summed E-state index contributed by atoms with van der Waals surface area (Å²) < 4.78 is 25.8.